The van der Waals surface area contributed by atoms with Crippen molar-refractivity contribution in [3.63, 3.8) is 0 Å². The van der Waals surface area contributed by atoms with E-state index in [1.54, 1.807) is 24.3 Å². The van der Waals surface area contributed by atoms with Crippen LogP contribution in [0.2, 0.25) is 5.02 Å². The zero-order valence-electron chi connectivity index (χ0n) is 23.0. The maximum absolute atomic E-state index is 14.0. The lowest BCUT2D eigenvalue weighted by atomic mass is 10.0. The van der Waals surface area contributed by atoms with Gasteiger partial charge < -0.3 is 10.2 Å². The lowest BCUT2D eigenvalue weighted by Gasteiger charge is -2.35. The zero-order valence-corrected chi connectivity index (χ0v) is 24.6. The highest BCUT2D eigenvalue weighted by Crippen LogP contribution is 2.22. The smallest absolute Gasteiger partial charge is 0.244 e. The summed E-state index contributed by atoms with van der Waals surface area (Å²) in [5.41, 5.74) is 2.55. The maximum Gasteiger partial charge on any atom is 0.244 e. The minimum atomic E-state index is -3.83. The van der Waals surface area contributed by atoms with Gasteiger partial charge in [-0.05, 0) is 63.1 Å². The van der Waals surface area contributed by atoms with E-state index in [1.807, 2.05) is 82.3 Å². The molecular weight excluding hydrogens is 534 g/mol. The van der Waals surface area contributed by atoms with Crippen molar-refractivity contribution in [1.29, 1.82) is 0 Å². The van der Waals surface area contributed by atoms with Gasteiger partial charge in [0.1, 0.15) is 12.6 Å². The number of rotatable bonds is 10. The molecular formula is C30H36ClN3O4S. The first-order valence-electron chi connectivity index (χ1n) is 12.7. The average molecular weight is 570 g/mol. The number of hydrogen-bond acceptors (Lipinski definition) is 4. The largest absolute Gasteiger partial charge is 0.350 e. The van der Waals surface area contributed by atoms with Crippen molar-refractivity contribution in [2.45, 2.75) is 52.2 Å². The van der Waals surface area contributed by atoms with Crippen LogP contribution in [0.3, 0.4) is 0 Å². The van der Waals surface area contributed by atoms with Crippen molar-refractivity contribution in [2.24, 2.45) is 0 Å². The highest BCUT2D eigenvalue weighted by molar-refractivity contribution is 7.92. The summed E-state index contributed by atoms with van der Waals surface area (Å²) >= 11 is 6.01. The third kappa shape index (κ3) is 9.11. The lowest BCUT2D eigenvalue weighted by Crippen LogP contribution is -2.56. The molecule has 0 saturated carbocycles. The number of sulfonamides is 1. The van der Waals surface area contributed by atoms with E-state index in [0.717, 1.165) is 27.3 Å². The number of anilines is 1. The van der Waals surface area contributed by atoms with E-state index in [9.17, 15) is 18.0 Å². The lowest BCUT2D eigenvalue weighted by molar-refractivity contribution is -0.140. The number of halogens is 1. The Hall–Kier alpha value is -3.36. The molecule has 0 fully saturated rings. The predicted octanol–water partition coefficient (Wildman–Crippen LogP) is 4.97. The first-order chi connectivity index (χ1) is 18.2. The second-order valence-electron chi connectivity index (χ2n) is 10.7. The molecule has 0 radical (unpaired) electrons. The van der Waals surface area contributed by atoms with Crippen molar-refractivity contribution in [3.8, 4) is 0 Å². The Labute approximate surface area is 236 Å². The third-order valence-corrected chi connectivity index (χ3v) is 7.43. The monoisotopic (exact) mass is 569 g/mol. The van der Waals surface area contributed by atoms with E-state index < -0.39 is 34.1 Å². The van der Waals surface area contributed by atoms with E-state index in [1.165, 1.54) is 4.90 Å². The Morgan fingerprint density at radius 3 is 2.03 bits per heavy atom. The van der Waals surface area contributed by atoms with Crippen molar-refractivity contribution in [2.75, 3.05) is 17.1 Å². The molecule has 3 aromatic rings. The first-order valence-corrected chi connectivity index (χ1v) is 14.9. The van der Waals surface area contributed by atoms with Gasteiger partial charge in [0.2, 0.25) is 21.8 Å². The second kappa shape index (κ2) is 12.7. The van der Waals surface area contributed by atoms with Crippen LogP contribution in [-0.4, -0.2) is 49.5 Å². The van der Waals surface area contributed by atoms with E-state index in [-0.39, 0.29) is 18.9 Å². The highest BCUT2D eigenvalue weighted by atomic mass is 35.5. The number of aryl methyl sites for hydroxylation is 1. The van der Waals surface area contributed by atoms with E-state index in [4.69, 9.17) is 11.6 Å². The van der Waals surface area contributed by atoms with Gasteiger partial charge in [0.25, 0.3) is 0 Å². The average Bonchev–Trinajstić information content (AvgIpc) is 2.85. The Morgan fingerprint density at radius 2 is 1.49 bits per heavy atom. The predicted molar refractivity (Wildman–Crippen MR) is 157 cm³/mol. The Morgan fingerprint density at radius 1 is 0.897 bits per heavy atom. The molecule has 0 bridgehead atoms. The van der Waals surface area contributed by atoms with Gasteiger partial charge in [0, 0.05) is 23.5 Å². The van der Waals surface area contributed by atoms with Crippen LogP contribution < -0.4 is 9.62 Å². The van der Waals surface area contributed by atoms with Crippen LogP contribution in [0.15, 0.2) is 78.9 Å². The van der Waals surface area contributed by atoms with Crippen LogP contribution >= 0.6 is 11.6 Å². The summed E-state index contributed by atoms with van der Waals surface area (Å²) in [6, 6.07) is 22.5. The standard InChI is InChI=1S/C30H36ClN3O4S/c1-22-11-13-24(14-12-22)20-33(27(29(36)32-30(2,3)4)19-23-9-7-6-8-10-23)28(35)21-34(39(5,37)38)26-17-15-25(31)16-18-26/h6-18,27H,19-21H2,1-5H3,(H,32,36)/t27-/m1/s1. The molecule has 0 aliphatic heterocycles. The molecule has 0 aliphatic rings. The Balaban J connectivity index is 2.06. The molecule has 0 saturated heterocycles. The number of carbonyl (C=O) groups is 2. The van der Waals surface area contributed by atoms with Crippen molar-refractivity contribution < 1.29 is 18.0 Å². The number of nitrogens with one attached hydrogen (secondary N) is 1. The quantitative estimate of drug-likeness (QED) is 0.373. The number of carbonyl (C=O) groups excluding carboxylic acids is 2. The Bertz CT molecular complexity index is 1370. The third-order valence-electron chi connectivity index (χ3n) is 6.04. The first kappa shape index (κ1) is 30.2. The topological polar surface area (TPSA) is 86.8 Å². The summed E-state index contributed by atoms with van der Waals surface area (Å²) in [7, 11) is -3.83. The van der Waals surface area contributed by atoms with Crippen molar-refractivity contribution >= 4 is 39.1 Å². The molecule has 3 rings (SSSR count). The number of benzene rings is 3. The maximum atomic E-state index is 14.0. The van der Waals surface area contributed by atoms with Crippen LogP contribution in [0.25, 0.3) is 0 Å². The molecule has 0 unspecified atom stereocenters. The molecule has 0 spiro atoms. The van der Waals surface area contributed by atoms with Gasteiger partial charge in [-0.25, -0.2) is 8.42 Å². The molecule has 1 N–H and O–H groups in total. The van der Waals surface area contributed by atoms with Crippen LogP contribution in [0.4, 0.5) is 5.69 Å². The molecule has 2 amide bonds. The molecule has 3 aromatic carbocycles. The number of amides is 2. The summed E-state index contributed by atoms with van der Waals surface area (Å²) in [5, 5.41) is 3.46. The summed E-state index contributed by atoms with van der Waals surface area (Å²) in [6.45, 7) is 7.26. The number of nitrogens with zero attached hydrogens (tertiary/aromatic N) is 2. The SMILES string of the molecule is Cc1ccc(CN(C(=O)CN(c2ccc(Cl)cc2)S(C)(=O)=O)[C@H](Cc2ccccc2)C(=O)NC(C)(C)C)cc1. The molecule has 1 atom stereocenters. The normalized spacial score (nSPS) is 12.5. The molecule has 39 heavy (non-hydrogen) atoms. The fraction of sp³-hybridized carbons (Fsp3) is 0.333. The highest BCUT2D eigenvalue weighted by Gasteiger charge is 2.34. The van der Waals surface area contributed by atoms with E-state index >= 15 is 0 Å². The second-order valence-corrected chi connectivity index (χ2v) is 13.0. The molecule has 0 aliphatic carbocycles. The van der Waals surface area contributed by atoms with Gasteiger partial charge in [-0.1, -0.05) is 71.8 Å². The van der Waals surface area contributed by atoms with Crippen molar-refractivity contribution in [1.82, 2.24) is 10.2 Å². The van der Waals surface area contributed by atoms with Gasteiger partial charge in [0.15, 0.2) is 0 Å². The fourth-order valence-electron chi connectivity index (χ4n) is 4.12. The van der Waals surface area contributed by atoms with Crippen LogP contribution in [-0.2, 0) is 32.6 Å². The van der Waals surface area contributed by atoms with E-state index in [2.05, 4.69) is 5.32 Å². The number of hydrogen-bond donors (Lipinski definition) is 1. The fourth-order valence-corrected chi connectivity index (χ4v) is 5.09. The Kier molecular flexibility index (Phi) is 9.80. The van der Waals surface area contributed by atoms with Gasteiger partial charge >= 0.3 is 0 Å². The molecule has 7 nitrogen and oxygen atoms in total. The van der Waals surface area contributed by atoms with Crippen LogP contribution in [0.5, 0.6) is 0 Å². The van der Waals surface area contributed by atoms with Crippen LogP contribution in [0, 0.1) is 6.92 Å². The summed E-state index contributed by atoms with van der Waals surface area (Å²) in [4.78, 5) is 29.2. The molecule has 208 valence electrons. The minimum Gasteiger partial charge on any atom is -0.350 e. The minimum absolute atomic E-state index is 0.131. The molecule has 0 heterocycles. The molecule has 0 aromatic heterocycles. The summed E-state index contributed by atoms with van der Waals surface area (Å²) in [6.07, 6.45) is 1.31. The van der Waals surface area contributed by atoms with Gasteiger partial charge in [0.05, 0.1) is 11.9 Å². The van der Waals surface area contributed by atoms with Gasteiger partial charge in [-0.3, -0.25) is 13.9 Å². The summed E-state index contributed by atoms with van der Waals surface area (Å²) < 4.78 is 26.6. The zero-order chi connectivity index (χ0) is 28.8. The van der Waals surface area contributed by atoms with Gasteiger partial charge in [-0.15, -0.1) is 0 Å². The van der Waals surface area contributed by atoms with E-state index in [0.29, 0.717) is 10.7 Å². The summed E-state index contributed by atoms with van der Waals surface area (Å²) in [5.74, 6) is -0.815. The van der Waals surface area contributed by atoms with Gasteiger partial charge in [-0.2, -0.15) is 0 Å². The van der Waals surface area contributed by atoms with Crippen LogP contribution in [0.1, 0.15) is 37.5 Å². The molecule has 9 heteroatoms. The van der Waals surface area contributed by atoms with Crippen molar-refractivity contribution in [3.05, 3.63) is 101 Å².